The molecule has 0 unspecified atom stereocenters. The van der Waals surface area contributed by atoms with Gasteiger partial charge in [-0.1, -0.05) is 20.8 Å². The highest BCUT2D eigenvalue weighted by Gasteiger charge is 2.34. The Morgan fingerprint density at radius 1 is 1.23 bits per heavy atom. The molecule has 0 aliphatic heterocycles. The second-order valence-electron chi connectivity index (χ2n) is 6.09. The van der Waals surface area contributed by atoms with Crippen molar-refractivity contribution in [3.63, 3.8) is 0 Å². The van der Waals surface area contributed by atoms with Crippen LogP contribution in [0.15, 0.2) is 24.3 Å². The number of benzene rings is 1. The molecule has 0 bridgehead atoms. The summed E-state index contributed by atoms with van der Waals surface area (Å²) in [5.41, 5.74) is -0.0520. The van der Waals surface area contributed by atoms with Crippen LogP contribution in [0.1, 0.15) is 47.5 Å². The number of hydrogen-bond acceptors (Lipinski definition) is 3. The first-order chi connectivity index (χ1) is 10.4. The van der Waals surface area contributed by atoms with Crippen molar-refractivity contribution in [1.29, 1.82) is 0 Å². The molecule has 4 nitrogen and oxygen atoms in total. The van der Waals surface area contributed by atoms with Crippen LogP contribution < -0.4 is 10.1 Å². The monoisotopic (exact) mass is 307 g/mol. The fourth-order valence-corrected chi connectivity index (χ4v) is 2.43. The maximum absolute atomic E-state index is 12.5. The molecule has 0 saturated heterocycles. The second-order valence-corrected chi connectivity index (χ2v) is 6.09. The van der Waals surface area contributed by atoms with E-state index in [1.807, 2.05) is 38.1 Å². The summed E-state index contributed by atoms with van der Waals surface area (Å²) in [7, 11) is 0. The molecule has 0 saturated carbocycles. The Kier molecular flexibility index (Phi) is 7.39. The average Bonchev–Trinajstić information content (AvgIpc) is 2.46. The SMILES string of the molecule is CCCOc1ccc(NC(=O)[C@](C)(CC(C)C)OCC)cc1. The molecule has 0 heterocycles. The van der Waals surface area contributed by atoms with Gasteiger partial charge in [0.2, 0.25) is 0 Å². The smallest absolute Gasteiger partial charge is 0.256 e. The van der Waals surface area contributed by atoms with Gasteiger partial charge in [0.05, 0.1) is 6.61 Å². The van der Waals surface area contributed by atoms with Crippen LogP contribution >= 0.6 is 0 Å². The van der Waals surface area contributed by atoms with E-state index in [1.165, 1.54) is 0 Å². The molecule has 1 aromatic rings. The molecule has 4 heteroatoms. The highest BCUT2D eigenvalue weighted by molar-refractivity contribution is 5.97. The van der Waals surface area contributed by atoms with Crippen molar-refractivity contribution in [2.75, 3.05) is 18.5 Å². The summed E-state index contributed by atoms with van der Waals surface area (Å²) in [5.74, 6) is 1.09. The number of nitrogens with one attached hydrogen (secondary N) is 1. The third-order valence-electron chi connectivity index (χ3n) is 3.33. The number of carbonyl (C=O) groups is 1. The number of amides is 1. The minimum Gasteiger partial charge on any atom is -0.494 e. The van der Waals surface area contributed by atoms with E-state index in [9.17, 15) is 4.79 Å². The van der Waals surface area contributed by atoms with Gasteiger partial charge in [0.1, 0.15) is 11.4 Å². The van der Waals surface area contributed by atoms with Gasteiger partial charge >= 0.3 is 0 Å². The third-order valence-corrected chi connectivity index (χ3v) is 3.33. The Bertz CT molecular complexity index is 456. The van der Waals surface area contributed by atoms with E-state index in [2.05, 4.69) is 26.1 Å². The lowest BCUT2D eigenvalue weighted by Gasteiger charge is -2.29. The first-order valence-corrected chi connectivity index (χ1v) is 8.09. The number of carbonyl (C=O) groups excluding carboxylic acids is 1. The van der Waals surface area contributed by atoms with Crippen LogP contribution in [0.5, 0.6) is 5.75 Å². The molecule has 1 aromatic carbocycles. The molecule has 0 aromatic heterocycles. The van der Waals surface area contributed by atoms with Crippen molar-refractivity contribution in [1.82, 2.24) is 0 Å². The predicted octanol–water partition coefficient (Wildman–Crippen LogP) is 4.26. The molecule has 0 fully saturated rings. The van der Waals surface area contributed by atoms with Crippen LogP contribution in [0.4, 0.5) is 5.69 Å². The zero-order chi connectivity index (χ0) is 16.6. The van der Waals surface area contributed by atoms with E-state index in [0.717, 1.165) is 17.9 Å². The standard InChI is InChI=1S/C18H29NO3/c1-6-12-21-16-10-8-15(9-11-16)19-17(20)18(5,22-7-2)13-14(3)4/h8-11,14H,6-7,12-13H2,1-5H3,(H,19,20)/t18-/m0/s1. The summed E-state index contributed by atoms with van der Waals surface area (Å²) < 4.78 is 11.3. The summed E-state index contributed by atoms with van der Waals surface area (Å²) >= 11 is 0. The Labute approximate surface area is 134 Å². The Balaban J connectivity index is 2.72. The van der Waals surface area contributed by atoms with Crippen molar-refractivity contribution in [3.05, 3.63) is 24.3 Å². The molecular formula is C18H29NO3. The molecule has 0 radical (unpaired) electrons. The average molecular weight is 307 g/mol. The second kappa shape index (κ2) is 8.79. The number of hydrogen-bond donors (Lipinski definition) is 1. The summed E-state index contributed by atoms with van der Waals surface area (Å²) in [6.45, 7) is 11.2. The maximum atomic E-state index is 12.5. The van der Waals surface area contributed by atoms with E-state index < -0.39 is 5.60 Å². The van der Waals surface area contributed by atoms with Crippen molar-refractivity contribution in [3.8, 4) is 5.75 Å². The van der Waals surface area contributed by atoms with E-state index in [4.69, 9.17) is 9.47 Å². The Hall–Kier alpha value is -1.55. The molecule has 0 aliphatic carbocycles. The van der Waals surface area contributed by atoms with E-state index >= 15 is 0 Å². The van der Waals surface area contributed by atoms with Gasteiger partial charge in [0.15, 0.2) is 0 Å². The van der Waals surface area contributed by atoms with Crippen molar-refractivity contribution < 1.29 is 14.3 Å². The lowest BCUT2D eigenvalue weighted by molar-refractivity contribution is -0.140. The van der Waals surface area contributed by atoms with Crippen molar-refractivity contribution in [2.45, 2.75) is 53.1 Å². The van der Waals surface area contributed by atoms with Crippen LogP contribution in [0.3, 0.4) is 0 Å². The van der Waals surface area contributed by atoms with E-state index in [0.29, 0.717) is 25.6 Å². The minimum absolute atomic E-state index is 0.106. The summed E-state index contributed by atoms with van der Waals surface area (Å²) in [5, 5.41) is 2.94. The molecule has 124 valence electrons. The van der Waals surface area contributed by atoms with Gasteiger partial charge < -0.3 is 14.8 Å². The highest BCUT2D eigenvalue weighted by atomic mass is 16.5. The van der Waals surface area contributed by atoms with Crippen LogP contribution in [0, 0.1) is 5.92 Å². The molecule has 22 heavy (non-hydrogen) atoms. The number of anilines is 1. The predicted molar refractivity (Wildman–Crippen MR) is 90.3 cm³/mol. The van der Waals surface area contributed by atoms with Crippen LogP contribution in [0.2, 0.25) is 0 Å². The van der Waals surface area contributed by atoms with Gasteiger partial charge in [0, 0.05) is 12.3 Å². The van der Waals surface area contributed by atoms with Crippen molar-refractivity contribution in [2.24, 2.45) is 5.92 Å². The molecule has 1 atom stereocenters. The first kappa shape index (κ1) is 18.5. The normalized spacial score (nSPS) is 13.7. The fourth-order valence-electron chi connectivity index (χ4n) is 2.43. The Morgan fingerprint density at radius 2 is 1.86 bits per heavy atom. The lowest BCUT2D eigenvalue weighted by atomic mass is 9.93. The van der Waals surface area contributed by atoms with Crippen molar-refractivity contribution >= 4 is 11.6 Å². The van der Waals surface area contributed by atoms with Gasteiger partial charge in [-0.25, -0.2) is 0 Å². The number of ether oxygens (including phenoxy) is 2. The van der Waals surface area contributed by atoms with Gasteiger partial charge in [-0.15, -0.1) is 0 Å². The van der Waals surface area contributed by atoms with Gasteiger partial charge in [0.25, 0.3) is 5.91 Å². The minimum atomic E-state index is -0.805. The fraction of sp³-hybridized carbons (Fsp3) is 0.611. The van der Waals surface area contributed by atoms with E-state index in [1.54, 1.807) is 0 Å². The zero-order valence-electron chi connectivity index (χ0n) is 14.4. The maximum Gasteiger partial charge on any atom is 0.256 e. The molecule has 1 rings (SSSR count). The summed E-state index contributed by atoms with van der Waals surface area (Å²) in [4.78, 5) is 12.5. The molecule has 0 spiro atoms. The topological polar surface area (TPSA) is 47.6 Å². The largest absolute Gasteiger partial charge is 0.494 e. The molecular weight excluding hydrogens is 278 g/mol. The quantitative estimate of drug-likeness (QED) is 0.741. The lowest BCUT2D eigenvalue weighted by Crippen LogP contribution is -2.43. The summed E-state index contributed by atoms with van der Waals surface area (Å²) in [6.07, 6.45) is 1.66. The van der Waals surface area contributed by atoms with Gasteiger partial charge in [-0.3, -0.25) is 4.79 Å². The van der Waals surface area contributed by atoms with Crippen LogP contribution in [-0.4, -0.2) is 24.7 Å². The molecule has 1 amide bonds. The van der Waals surface area contributed by atoms with E-state index in [-0.39, 0.29) is 5.91 Å². The zero-order valence-corrected chi connectivity index (χ0v) is 14.4. The van der Waals surface area contributed by atoms with Crippen LogP contribution in [-0.2, 0) is 9.53 Å². The first-order valence-electron chi connectivity index (χ1n) is 8.09. The van der Waals surface area contributed by atoms with Gasteiger partial charge in [-0.05, 0) is 56.9 Å². The molecule has 0 aliphatic rings. The molecule has 1 N–H and O–H groups in total. The van der Waals surface area contributed by atoms with Crippen LogP contribution in [0.25, 0.3) is 0 Å². The third kappa shape index (κ3) is 5.68. The van der Waals surface area contributed by atoms with Gasteiger partial charge in [-0.2, -0.15) is 0 Å². The Morgan fingerprint density at radius 3 is 2.36 bits per heavy atom. The number of rotatable bonds is 9. The highest BCUT2D eigenvalue weighted by Crippen LogP contribution is 2.24. The summed E-state index contributed by atoms with van der Waals surface area (Å²) in [6, 6.07) is 7.44.